The average Bonchev–Trinajstić information content (AvgIpc) is 3.33. The Balaban J connectivity index is 1.27. The zero-order chi connectivity index (χ0) is 24.6. The number of nitrogens with one attached hydrogen (secondary N) is 2. The average molecular weight is 501 g/mol. The summed E-state index contributed by atoms with van der Waals surface area (Å²) >= 11 is 1.47. The number of aromatic nitrogens is 4. The molecule has 1 saturated carbocycles. The van der Waals surface area contributed by atoms with Crippen LogP contribution in [0.2, 0.25) is 0 Å². The van der Waals surface area contributed by atoms with Crippen LogP contribution < -0.4 is 5.32 Å². The Morgan fingerprint density at radius 3 is 2.81 bits per heavy atom. The summed E-state index contributed by atoms with van der Waals surface area (Å²) in [6, 6.07) is 11.9. The number of imidazole rings is 1. The van der Waals surface area contributed by atoms with Crippen LogP contribution >= 0.6 is 11.3 Å². The Hall–Kier alpha value is -3.72. The fraction of sp³-hybridized carbons (Fsp3) is 0.333. The SMILES string of the molecule is C=CC(=O)N1CCC[C@@H](n2c(NC(=O)c3ccc(-c4cn[nH]c4C4CC4)s3)nc3ccccc32)CC1. The smallest absolute Gasteiger partial charge is 0.268 e. The van der Waals surface area contributed by atoms with Crippen LogP contribution in [0.25, 0.3) is 21.5 Å². The van der Waals surface area contributed by atoms with Crippen LogP contribution in [0.5, 0.6) is 0 Å². The minimum Gasteiger partial charge on any atom is -0.339 e. The predicted molar refractivity (Wildman–Crippen MR) is 141 cm³/mol. The minimum absolute atomic E-state index is 0.0318. The van der Waals surface area contributed by atoms with Crippen molar-refractivity contribution in [1.29, 1.82) is 0 Å². The van der Waals surface area contributed by atoms with Gasteiger partial charge in [0.05, 0.1) is 22.1 Å². The van der Waals surface area contributed by atoms with Crippen molar-refractivity contribution >= 4 is 40.1 Å². The molecule has 0 bridgehead atoms. The van der Waals surface area contributed by atoms with Crippen LogP contribution in [-0.2, 0) is 4.79 Å². The Kier molecular flexibility index (Phi) is 5.92. The number of H-pyrrole nitrogens is 1. The molecule has 1 aliphatic carbocycles. The lowest BCUT2D eigenvalue weighted by Crippen LogP contribution is -2.30. The van der Waals surface area contributed by atoms with Crippen molar-refractivity contribution in [3.63, 3.8) is 0 Å². The number of likely N-dealkylation sites (tertiary alicyclic amines) is 1. The molecule has 1 aromatic carbocycles. The predicted octanol–water partition coefficient (Wildman–Crippen LogP) is 5.36. The lowest BCUT2D eigenvalue weighted by molar-refractivity contribution is -0.125. The molecule has 4 aromatic rings. The number of carbonyl (C=O) groups excluding carboxylic acids is 2. The highest BCUT2D eigenvalue weighted by Gasteiger charge is 2.29. The lowest BCUT2D eigenvalue weighted by Gasteiger charge is -2.21. The molecule has 8 nitrogen and oxygen atoms in total. The minimum atomic E-state index is -0.170. The van der Waals surface area contributed by atoms with Crippen LogP contribution in [0.3, 0.4) is 0 Å². The first-order valence-corrected chi connectivity index (χ1v) is 13.3. The summed E-state index contributed by atoms with van der Waals surface area (Å²) in [6.45, 7) is 4.99. The van der Waals surface area contributed by atoms with Gasteiger partial charge in [0.2, 0.25) is 11.9 Å². The standard InChI is InChI=1S/C27H28N6O2S/c1-2-24(34)32-14-5-6-18(13-15-32)33-21-8-4-3-7-20(21)29-27(33)30-26(35)23-12-11-22(36-23)19-16-28-31-25(19)17-9-10-17/h2-4,7-8,11-12,16-18H,1,5-6,9-10,13-15H2,(H,28,31)(H,29,30,35)/t18-/m1/s1. The monoisotopic (exact) mass is 500 g/mol. The molecule has 6 rings (SSSR count). The van der Waals surface area contributed by atoms with Gasteiger partial charge in [0.1, 0.15) is 0 Å². The molecule has 9 heteroatoms. The number of thiophene rings is 1. The summed E-state index contributed by atoms with van der Waals surface area (Å²) in [5, 5.41) is 10.5. The van der Waals surface area contributed by atoms with E-state index in [9.17, 15) is 9.59 Å². The molecule has 3 aromatic heterocycles. The second-order valence-corrected chi connectivity index (χ2v) is 10.6. The number of hydrogen-bond acceptors (Lipinski definition) is 5. The molecule has 4 heterocycles. The van der Waals surface area contributed by atoms with Gasteiger partial charge >= 0.3 is 0 Å². The highest BCUT2D eigenvalue weighted by atomic mass is 32.1. The normalized spacial score (nSPS) is 18.2. The van der Waals surface area contributed by atoms with Gasteiger partial charge in [0, 0.05) is 41.2 Å². The maximum absolute atomic E-state index is 13.3. The fourth-order valence-corrected chi connectivity index (χ4v) is 6.06. The van der Waals surface area contributed by atoms with E-state index in [1.54, 1.807) is 0 Å². The molecule has 1 saturated heterocycles. The Morgan fingerprint density at radius 1 is 1.11 bits per heavy atom. The number of anilines is 1. The van der Waals surface area contributed by atoms with Gasteiger partial charge in [-0.05, 0) is 62.4 Å². The number of fused-ring (bicyclic) bond motifs is 1. The number of aromatic amines is 1. The molecular formula is C27H28N6O2S. The molecule has 1 atom stereocenters. The van der Waals surface area contributed by atoms with Gasteiger partial charge in [-0.2, -0.15) is 5.10 Å². The van der Waals surface area contributed by atoms with E-state index in [1.807, 2.05) is 47.5 Å². The van der Waals surface area contributed by atoms with Gasteiger partial charge in [-0.3, -0.25) is 20.0 Å². The molecule has 2 aliphatic rings. The number of rotatable bonds is 6. The van der Waals surface area contributed by atoms with Gasteiger partial charge in [0.25, 0.3) is 5.91 Å². The van der Waals surface area contributed by atoms with E-state index in [2.05, 4.69) is 26.7 Å². The number of hydrogen-bond donors (Lipinski definition) is 2. The summed E-state index contributed by atoms with van der Waals surface area (Å²) in [4.78, 5) is 33.8. The fourth-order valence-electron chi connectivity index (χ4n) is 5.13. The number of nitrogens with zero attached hydrogens (tertiary/aromatic N) is 4. The first-order chi connectivity index (χ1) is 17.6. The lowest BCUT2D eigenvalue weighted by atomic mass is 10.1. The quantitative estimate of drug-likeness (QED) is 0.349. The first kappa shape index (κ1) is 22.7. The maximum Gasteiger partial charge on any atom is 0.268 e. The van der Waals surface area contributed by atoms with Crippen molar-refractivity contribution in [2.75, 3.05) is 18.4 Å². The Labute approximate surface area is 213 Å². The van der Waals surface area contributed by atoms with Crippen molar-refractivity contribution < 1.29 is 9.59 Å². The van der Waals surface area contributed by atoms with Gasteiger partial charge < -0.3 is 9.47 Å². The van der Waals surface area contributed by atoms with Crippen molar-refractivity contribution in [2.45, 2.75) is 44.1 Å². The summed E-state index contributed by atoms with van der Waals surface area (Å²) in [5.41, 5.74) is 4.09. The molecule has 184 valence electrons. The van der Waals surface area contributed by atoms with Gasteiger partial charge in [-0.15, -0.1) is 11.3 Å². The number of para-hydroxylation sites is 2. The Morgan fingerprint density at radius 2 is 1.97 bits per heavy atom. The molecule has 2 N–H and O–H groups in total. The van der Waals surface area contributed by atoms with E-state index in [0.29, 0.717) is 29.8 Å². The Bertz CT molecular complexity index is 1450. The van der Waals surface area contributed by atoms with E-state index in [-0.39, 0.29) is 17.9 Å². The summed E-state index contributed by atoms with van der Waals surface area (Å²) in [6.07, 6.45) is 8.17. The molecule has 0 unspecified atom stereocenters. The van der Waals surface area contributed by atoms with Crippen LogP contribution in [0.4, 0.5) is 5.95 Å². The molecule has 2 amide bonds. The molecule has 36 heavy (non-hydrogen) atoms. The van der Waals surface area contributed by atoms with Crippen molar-refractivity contribution in [1.82, 2.24) is 24.6 Å². The van der Waals surface area contributed by atoms with E-state index in [1.165, 1.54) is 35.9 Å². The highest BCUT2D eigenvalue weighted by molar-refractivity contribution is 7.17. The largest absolute Gasteiger partial charge is 0.339 e. The number of amides is 2. The van der Waals surface area contributed by atoms with Crippen molar-refractivity contribution in [3.8, 4) is 10.4 Å². The number of benzene rings is 1. The summed E-state index contributed by atoms with van der Waals surface area (Å²) in [7, 11) is 0. The maximum atomic E-state index is 13.3. The van der Waals surface area contributed by atoms with E-state index in [0.717, 1.165) is 40.7 Å². The second kappa shape index (κ2) is 9.39. The van der Waals surface area contributed by atoms with Crippen LogP contribution in [0.15, 0.2) is 55.3 Å². The van der Waals surface area contributed by atoms with E-state index >= 15 is 0 Å². The van der Waals surface area contributed by atoms with Crippen molar-refractivity contribution in [3.05, 3.63) is 65.8 Å². The van der Waals surface area contributed by atoms with Crippen molar-refractivity contribution in [2.24, 2.45) is 0 Å². The molecular weight excluding hydrogens is 472 g/mol. The zero-order valence-corrected chi connectivity index (χ0v) is 20.8. The third-order valence-electron chi connectivity index (χ3n) is 7.12. The summed E-state index contributed by atoms with van der Waals surface area (Å²) < 4.78 is 2.14. The van der Waals surface area contributed by atoms with E-state index < -0.39 is 0 Å². The van der Waals surface area contributed by atoms with E-state index in [4.69, 9.17) is 4.98 Å². The molecule has 0 radical (unpaired) electrons. The zero-order valence-electron chi connectivity index (χ0n) is 19.9. The topological polar surface area (TPSA) is 95.9 Å². The summed E-state index contributed by atoms with van der Waals surface area (Å²) in [5.74, 6) is 0.901. The molecule has 2 fully saturated rings. The highest BCUT2D eigenvalue weighted by Crippen LogP contribution is 2.44. The third-order valence-corrected chi connectivity index (χ3v) is 8.24. The van der Waals surface area contributed by atoms with Crippen LogP contribution in [0, 0.1) is 0 Å². The van der Waals surface area contributed by atoms with Crippen LogP contribution in [0.1, 0.15) is 59.4 Å². The first-order valence-electron chi connectivity index (χ1n) is 12.5. The van der Waals surface area contributed by atoms with Gasteiger partial charge in [0.15, 0.2) is 0 Å². The molecule has 0 spiro atoms. The third kappa shape index (κ3) is 4.24. The van der Waals surface area contributed by atoms with Crippen LogP contribution in [-0.4, -0.2) is 49.6 Å². The number of carbonyl (C=O) groups is 2. The molecule has 1 aliphatic heterocycles. The van der Waals surface area contributed by atoms with Gasteiger partial charge in [-0.25, -0.2) is 4.98 Å². The van der Waals surface area contributed by atoms with Gasteiger partial charge in [-0.1, -0.05) is 18.7 Å². The second-order valence-electron chi connectivity index (χ2n) is 9.50.